The third kappa shape index (κ3) is 5.81. The van der Waals surface area contributed by atoms with Gasteiger partial charge in [-0.1, -0.05) is 24.3 Å². The molecule has 0 aliphatic carbocycles. The first-order valence-corrected chi connectivity index (χ1v) is 10.3. The molecule has 0 bridgehead atoms. The monoisotopic (exact) mass is 451 g/mol. The molecule has 2 aromatic rings. The molecule has 7 heteroatoms. The Morgan fingerprint density at radius 3 is 2.40 bits per heavy atom. The molecule has 0 saturated carbocycles. The molecule has 1 amide bonds. The number of benzene rings is 2. The molecule has 1 fully saturated rings. The third-order valence-electron chi connectivity index (χ3n) is 5.78. The number of carbonyl (C=O) groups is 1. The number of aryl methyl sites for hydroxylation is 1. The minimum Gasteiger partial charge on any atom is -0.493 e. The Balaban J connectivity index is 0.00000160. The molecule has 4 rings (SSSR count). The van der Waals surface area contributed by atoms with Crippen LogP contribution in [0.2, 0.25) is 0 Å². The summed E-state index contributed by atoms with van der Waals surface area (Å²) in [4.78, 5) is 18.6. The quantitative estimate of drug-likeness (QED) is 0.621. The smallest absolute Gasteiger partial charge is 0.227 e. The van der Waals surface area contributed by atoms with Gasteiger partial charge < -0.3 is 14.5 Å². The summed E-state index contributed by atoms with van der Waals surface area (Å²) in [6, 6.07) is 16.8. The molecule has 0 spiro atoms. The molecule has 164 valence electrons. The lowest BCUT2D eigenvalue weighted by Gasteiger charge is -2.36. The van der Waals surface area contributed by atoms with E-state index in [4.69, 9.17) is 4.74 Å². The van der Waals surface area contributed by atoms with E-state index in [0.29, 0.717) is 13.0 Å². The van der Waals surface area contributed by atoms with E-state index in [1.54, 1.807) is 4.90 Å². The number of anilines is 2. The molecule has 0 N–H and O–H groups in total. The second-order valence-corrected chi connectivity index (χ2v) is 7.61. The highest BCUT2D eigenvalue weighted by atomic mass is 35.5. The lowest BCUT2D eigenvalue weighted by molar-refractivity contribution is -0.118. The van der Waals surface area contributed by atoms with Crippen LogP contribution in [0, 0.1) is 0 Å². The lowest BCUT2D eigenvalue weighted by Crippen LogP contribution is -2.46. The molecule has 1 saturated heterocycles. The molecule has 2 aliphatic heterocycles. The van der Waals surface area contributed by atoms with Crippen LogP contribution in [0.15, 0.2) is 48.5 Å². The second kappa shape index (κ2) is 11.4. The van der Waals surface area contributed by atoms with Crippen molar-refractivity contribution in [3.8, 4) is 5.75 Å². The van der Waals surface area contributed by atoms with Gasteiger partial charge in [0, 0.05) is 57.9 Å². The summed E-state index contributed by atoms with van der Waals surface area (Å²) in [6.45, 7) is 6.12. The summed E-state index contributed by atoms with van der Waals surface area (Å²) in [5, 5.41) is 0. The zero-order valence-corrected chi connectivity index (χ0v) is 19.1. The van der Waals surface area contributed by atoms with Crippen LogP contribution in [0.4, 0.5) is 11.4 Å². The van der Waals surface area contributed by atoms with Crippen LogP contribution in [0.1, 0.15) is 18.4 Å². The largest absolute Gasteiger partial charge is 0.493 e. The van der Waals surface area contributed by atoms with Crippen molar-refractivity contribution in [1.82, 2.24) is 4.90 Å². The number of piperazine rings is 1. The Morgan fingerprint density at radius 1 is 0.933 bits per heavy atom. The maximum atomic E-state index is 11.9. The van der Waals surface area contributed by atoms with Gasteiger partial charge in [-0.2, -0.15) is 0 Å². The molecule has 30 heavy (non-hydrogen) atoms. The van der Waals surface area contributed by atoms with E-state index in [1.807, 2.05) is 19.2 Å². The van der Waals surface area contributed by atoms with Crippen molar-refractivity contribution in [1.29, 1.82) is 0 Å². The summed E-state index contributed by atoms with van der Waals surface area (Å²) in [6.07, 6.45) is 2.44. The molecule has 0 atom stereocenters. The van der Waals surface area contributed by atoms with E-state index in [0.717, 1.165) is 57.0 Å². The van der Waals surface area contributed by atoms with Gasteiger partial charge in [0.2, 0.25) is 5.91 Å². The van der Waals surface area contributed by atoms with Crippen molar-refractivity contribution in [3.05, 3.63) is 54.1 Å². The van der Waals surface area contributed by atoms with Gasteiger partial charge in [0.25, 0.3) is 0 Å². The van der Waals surface area contributed by atoms with Gasteiger partial charge >= 0.3 is 0 Å². The van der Waals surface area contributed by atoms with Crippen LogP contribution in [0.5, 0.6) is 5.75 Å². The SMILES string of the molecule is CN1C(=O)CCc2ccc(OCCCN3CCN(c4ccccc4)CC3)cc21.Cl.Cl. The number of hydrogen-bond donors (Lipinski definition) is 0. The van der Waals surface area contributed by atoms with E-state index < -0.39 is 0 Å². The number of ether oxygens (including phenoxy) is 1. The van der Waals surface area contributed by atoms with E-state index >= 15 is 0 Å². The van der Waals surface area contributed by atoms with Gasteiger partial charge in [-0.3, -0.25) is 9.69 Å². The summed E-state index contributed by atoms with van der Waals surface area (Å²) < 4.78 is 5.96. The highest BCUT2D eigenvalue weighted by molar-refractivity contribution is 5.96. The average molecular weight is 452 g/mol. The van der Waals surface area contributed by atoms with Crippen molar-refractivity contribution in [3.63, 3.8) is 0 Å². The van der Waals surface area contributed by atoms with Crippen molar-refractivity contribution in [2.45, 2.75) is 19.3 Å². The Bertz CT molecular complexity index is 811. The van der Waals surface area contributed by atoms with E-state index in [1.165, 1.54) is 11.3 Å². The molecule has 5 nitrogen and oxygen atoms in total. The van der Waals surface area contributed by atoms with E-state index in [2.05, 4.69) is 46.2 Å². The number of fused-ring (bicyclic) bond motifs is 1. The summed E-state index contributed by atoms with van der Waals surface area (Å²) in [5.41, 5.74) is 3.54. The standard InChI is InChI=1S/C23H29N3O2.2ClH/c1-24-22-18-21(10-8-19(22)9-11-23(24)27)28-17-5-12-25-13-15-26(16-14-25)20-6-3-2-4-7-20;;/h2-4,6-8,10,18H,5,9,11-17H2,1H3;2*1H. The first-order chi connectivity index (χ1) is 13.7. The van der Waals surface area contributed by atoms with Crippen molar-refractivity contribution in [2.75, 3.05) is 56.2 Å². The Morgan fingerprint density at radius 2 is 1.67 bits per heavy atom. The zero-order valence-electron chi connectivity index (χ0n) is 17.5. The van der Waals surface area contributed by atoms with Gasteiger partial charge in [0.05, 0.1) is 12.3 Å². The van der Waals surface area contributed by atoms with Gasteiger partial charge in [-0.05, 0) is 36.6 Å². The van der Waals surface area contributed by atoms with E-state index in [9.17, 15) is 4.79 Å². The van der Waals surface area contributed by atoms with Crippen molar-refractivity contribution < 1.29 is 9.53 Å². The predicted octanol–water partition coefficient (Wildman–Crippen LogP) is 4.03. The van der Waals surface area contributed by atoms with Gasteiger partial charge in [-0.25, -0.2) is 0 Å². The maximum Gasteiger partial charge on any atom is 0.227 e. The number of rotatable bonds is 6. The second-order valence-electron chi connectivity index (χ2n) is 7.61. The number of carbonyl (C=O) groups excluding carboxylic acids is 1. The molecular formula is C23H31Cl2N3O2. The van der Waals surface area contributed by atoms with Crippen molar-refractivity contribution >= 4 is 42.1 Å². The number of hydrogen-bond acceptors (Lipinski definition) is 4. The van der Waals surface area contributed by atoms with Crippen LogP contribution in [-0.2, 0) is 11.2 Å². The van der Waals surface area contributed by atoms with Crippen LogP contribution >= 0.6 is 24.8 Å². The van der Waals surface area contributed by atoms with Gasteiger partial charge in [0.15, 0.2) is 0 Å². The highest BCUT2D eigenvalue weighted by Gasteiger charge is 2.21. The summed E-state index contributed by atoms with van der Waals surface area (Å²) >= 11 is 0. The number of halogens is 2. The first-order valence-electron chi connectivity index (χ1n) is 10.3. The molecule has 2 aromatic carbocycles. The maximum absolute atomic E-state index is 11.9. The molecule has 0 radical (unpaired) electrons. The fraction of sp³-hybridized carbons (Fsp3) is 0.435. The average Bonchev–Trinajstić information content (AvgIpc) is 2.75. The van der Waals surface area contributed by atoms with Gasteiger partial charge in [0.1, 0.15) is 5.75 Å². The Hall–Kier alpha value is -1.95. The Kier molecular flexibility index (Phi) is 9.28. The summed E-state index contributed by atoms with van der Waals surface area (Å²) in [5.74, 6) is 1.04. The summed E-state index contributed by atoms with van der Waals surface area (Å²) in [7, 11) is 1.85. The fourth-order valence-corrected chi connectivity index (χ4v) is 4.05. The van der Waals surface area contributed by atoms with E-state index in [-0.39, 0.29) is 30.7 Å². The van der Waals surface area contributed by atoms with Crippen molar-refractivity contribution in [2.24, 2.45) is 0 Å². The fourth-order valence-electron chi connectivity index (χ4n) is 4.05. The normalized spacial score (nSPS) is 16.4. The van der Waals surface area contributed by atoms with Crippen LogP contribution < -0.4 is 14.5 Å². The third-order valence-corrected chi connectivity index (χ3v) is 5.78. The number of para-hydroxylation sites is 1. The highest BCUT2D eigenvalue weighted by Crippen LogP contribution is 2.30. The molecule has 0 aromatic heterocycles. The molecular weight excluding hydrogens is 421 g/mol. The zero-order chi connectivity index (χ0) is 19.3. The first kappa shape index (κ1) is 24.3. The number of amides is 1. The number of nitrogens with zero attached hydrogens (tertiary/aromatic N) is 3. The van der Waals surface area contributed by atoms with Gasteiger partial charge in [-0.15, -0.1) is 24.8 Å². The van der Waals surface area contributed by atoms with Crippen LogP contribution in [0.3, 0.4) is 0 Å². The van der Waals surface area contributed by atoms with Crippen LogP contribution in [-0.4, -0.2) is 57.2 Å². The topological polar surface area (TPSA) is 36.0 Å². The lowest BCUT2D eigenvalue weighted by atomic mass is 10.0. The Labute approximate surface area is 191 Å². The van der Waals surface area contributed by atoms with Crippen LogP contribution in [0.25, 0.3) is 0 Å². The minimum absolute atomic E-state index is 0. The predicted molar refractivity (Wildman–Crippen MR) is 128 cm³/mol. The molecule has 0 unspecified atom stereocenters. The molecule has 2 aliphatic rings. The minimum atomic E-state index is 0. The molecule has 2 heterocycles.